The van der Waals surface area contributed by atoms with Crippen molar-refractivity contribution in [3.63, 3.8) is 0 Å². The van der Waals surface area contributed by atoms with Crippen LogP contribution in [0, 0.1) is 5.41 Å². The van der Waals surface area contributed by atoms with Gasteiger partial charge in [0, 0.05) is 13.1 Å². The summed E-state index contributed by atoms with van der Waals surface area (Å²) in [5.74, 6) is 0.0149. The van der Waals surface area contributed by atoms with Crippen LogP contribution in [0.5, 0.6) is 0 Å². The fourth-order valence-electron chi connectivity index (χ4n) is 2.23. The third-order valence-electron chi connectivity index (χ3n) is 3.57. The van der Waals surface area contributed by atoms with Gasteiger partial charge >= 0.3 is 0 Å². The van der Waals surface area contributed by atoms with Crippen LogP contribution in [-0.2, 0) is 0 Å². The largest absolute Gasteiger partial charge is 0.382 e. The number of nitrogens with two attached hydrogens (primary N) is 1. The Morgan fingerprint density at radius 1 is 1.15 bits per heavy atom. The van der Waals surface area contributed by atoms with Gasteiger partial charge in [0.05, 0.1) is 11.9 Å². The molecule has 0 bridgehead atoms. The molecule has 0 aliphatic heterocycles. The number of hydrogen-bond acceptors (Lipinski definition) is 4. The van der Waals surface area contributed by atoms with E-state index in [1.165, 1.54) is 0 Å². The van der Waals surface area contributed by atoms with Gasteiger partial charge in [-0.1, -0.05) is 13.8 Å². The van der Waals surface area contributed by atoms with Crippen molar-refractivity contribution in [2.75, 3.05) is 37.6 Å². The first-order valence-electron chi connectivity index (χ1n) is 7.40. The smallest absolute Gasteiger partial charge is 0.141 e. The van der Waals surface area contributed by atoms with Crippen LogP contribution in [-0.4, -0.2) is 48.4 Å². The van der Waals surface area contributed by atoms with E-state index in [1.807, 2.05) is 12.1 Å². The molecule has 20 heavy (non-hydrogen) atoms. The highest BCUT2D eigenvalue weighted by Crippen LogP contribution is 2.13. The van der Waals surface area contributed by atoms with Crippen LogP contribution in [0.25, 0.3) is 0 Å². The molecular weight excluding hydrogens is 250 g/mol. The van der Waals surface area contributed by atoms with Gasteiger partial charge in [-0.15, -0.1) is 0 Å². The molecule has 1 aromatic rings. The number of pyridine rings is 1. The Bertz CT molecular complexity index is 397. The molecule has 1 rings (SSSR count). The summed E-state index contributed by atoms with van der Waals surface area (Å²) in [5, 5.41) is 7.35. The first-order chi connectivity index (χ1) is 9.62. The van der Waals surface area contributed by atoms with E-state index in [1.54, 1.807) is 6.20 Å². The Kier molecular flexibility index (Phi) is 7.01. The van der Waals surface area contributed by atoms with E-state index < -0.39 is 0 Å². The Balaban J connectivity index is 2.55. The van der Waals surface area contributed by atoms with Gasteiger partial charge in [0.15, 0.2) is 0 Å². The number of rotatable bonds is 9. The summed E-state index contributed by atoms with van der Waals surface area (Å²) in [6.07, 6.45) is 2.95. The highest BCUT2D eigenvalue weighted by Gasteiger charge is 2.07. The summed E-state index contributed by atoms with van der Waals surface area (Å²) in [4.78, 5) is 8.96. The molecule has 0 atom stereocenters. The molecule has 5 nitrogen and oxygen atoms in total. The summed E-state index contributed by atoms with van der Waals surface area (Å²) >= 11 is 0. The summed E-state index contributed by atoms with van der Waals surface area (Å²) in [5.41, 5.74) is 7.05. The van der Waals surface area contributed by atoms with E-state index in [9.17, 15) is 0 Å². The molecule has 1 aromatic heterocycles. The van der Waals surface area contributed by atoms with Crippen LogP contribution in [0.2, 0.25) is 0 Å². The van der Waals surface area contributed by atoms with Crippen molar-refractivity contribution in [2.45, 2.75) is 27.2 Å². The van der Waals surface area contributed by atoms with Crippen LogP contribution >= 0.6 is 0 Å². The van der Waals surface area contributed by atoms with Gasteiger partial charge in [0.2, 0.25) is 0 Å². The number of anilines is 1. The molecule has 0 saturated carbocycles. The van der Waals surface area contributed by atoms with Gasteiger partial charge in [-0.3, -0.25) is 10.4 Å². The topological polar surface area (TPSA) is 69.2 Å². The maximum Gasteiger partial charge on any atom is 0.141 e. The highest BCUT2D eigenvalue weighted by molar-refractivity contribution is 5.93. The van der Waals surface area contributed by atoms with Crippen LogP contribution in [0.1, 0.15) is 32.9 Å². The zero-order valence-electron chi connectivity index (χ0n) is 12.9. The van der Waals surface area contributed by atoms with Crippen LogP contribution < -0.4 is 10.6 Å². The van der Waals surface area contributed by atoms with Crippen molar-refractivity contribution in [2.24, 2.45) is 5.73 Å². The Labute approximate surface area is 122 Å². The molecule has 0 spiro atoms. The van der Waals surface area contributed by atoms with Gasteiger partial charge in [0.1, 0.15) is 11.5 Å². The fraction of sp³-hybridized carbons (Fsp3) is 0.600. The molecule has 3 N–H and O–H groups in total. The van der Waals surface area contributed by atoms with Crippen LogP contribution in [0.15, 0.2) is 18.3 Å². The van der Waals surface area contributed by atoms with Crippen molar-refractivity contribution < 1.29 is 0 Å². The minimum atomic E-state index is 0.0149. The van der Waals surface area contributed by atoms with Crippen molar-refractivity contribution >= 4 is 11.5 Å². The second kappa shape index (κ2) is 8.53. The predicted molar refractivity (Wildman–Crippen MR) is 85.5 cm³/mol. The quantitative estimate of drug-likeness (QED) is 0.534. The molecule has 0 amide bonds. The number of aromatic nitrogens is 1. The van der Waals surface area contributed by atoms with Crippen LogP contribution in [0.4, 0.5) is 5.69 Å². The van der Waals surface area contributed by atoms with Gasteiger partial charge in [0.25, 0.3) is 0 Å². The van der Waals surface area contributed by atoms with E-state index in [4.69, 9.17) is 11.1 Å². The average Bonchev–Trinajstić information content (AvgIpc) is 2.48. The van der Waals surface area contributed by atoms with Crippen molar-refractivity contribution in [3.8, 4) is 0 Å². The second-order valence-corrected chi connectivity index (χ2v) is 4.78. The lowest BCUT2D eigenvalue weighted by Gasteiger charge is -2.25. The third kappa shape index (κ3) is 4.81. The lowest BCUT2D eigenvalue weighted by atomic mass is 10.2. The number of hydrogen-bond donors (Lipinski definition) is 2. The Morgan fingerprint density at radius 3 is 2.30 bits per heavy atom. The van der Waals surface area contributed by atoms with Gasteiger partial charge < -0.3 is 15.5 Å². The maximum atomic E-state index is 7.35. The SMILES string of the molecule is CCN(CC)CCCN(CC)c1ccc(C(=N)N)nc1. The standard InChI is InChI=1S/C15H27N5/c1-4-19(5-2)10-7-11-20(6-3)13-8-9-14(15(16)17)18-12-13/h8-9,12H,4-7,10-11H2,1-3H3,(H3,16,17). The number of amidine groups is 1. The van der Waals surface area contributed by atoms with E-state index >= 15 is 0 Å². The summed E-state index contributed by atoms with van der Waals surface area (Å²) in [6.45, 7) is 11.9. The van der Waals surface area contributed by atoms with Crippen LogP contribution in [0.3, 0.4) is 0 Å². The summed E-state index contributed by atoms with van der Waals surface area (Å²) in [7, 11) is 0. The zero-order valence-corrected chi connectivity index (χ0v) is 12.9. The molecule has 0 aliphatic rings. The lowest BCUT2D eigenvalue weighted by Crippen LogP contribution is -2.30. The van der Waals surface area contributed by atoms with E-state index in [0.717, 1.165) is 44.8 Å². The first kappa shape index (κ1) is 16.4. The minimum Gasteiger partial charge on any atom is -0.382 e. The number of nitrogens with one attached hydrogen (secondary N) is 1. The predicted octanol–water partition coefficient (Wildman–Crippen LogP) is 1.92. The molecule has 0 fully saturated rings. The van der Waals surface area contributed by atoms with Crippen molar-refractivity contribution in [3.05, 3.63) is 24.0 Å². The zero-order chi connectivity index (χ0) is 15.0. The van der Waals surface area contributed by atoms with Crippen molar-refractivity contribution in [1.82, 2.24) is 9.88 Å². The average molecular weight is 277 g/mol. The van der Waals surface area contributed by atoms with E-state index in [-0.39, 0.29) is 5.84 Å². The molecule has 0 aromatic carbocycles. The number of nitrogens with zero attached hydrogens (tertiary/aromatic N) is 3. The van der Waals surface area contributed by atoms with E-state index in [2.05, 4.69) is 35.6 Å². The summed E-state index contributed by atoms with van der Waals surface area (Å²) in [6, 6.07) is 3.80. The third-order valence-corrected chi connectivity index (χ3v) is 3.57. The first-order valence-corrected chi connectivity index (χ1v) is 7.40. The number of nitrogen functional groups attached to an aromatic ring is 1. The molecule has 0 radical (unpaired) electrons. The normalized spacial score (nSPS) is 10.8. The molecule has 5 heteroatoms. The van der Waals surface area contributed by atoms with Gasteiger partial charge in [-0.05, 0) is 45.1 Å². The Hall–Kier alpha value is -1.62. The minimum absolute atomic E-state index is 0.0149. The van der Waals surface area contributed by atoms with Gasteiger partial charge in [-0.2, -0.15) is 0 Å². The molecular formula is C15H27N5. The van der Waals surface area contributed by atoms with Gasteiger partial charge in [-0.25, -0.2) is 0 Å². The molecule has 0 saturated heterocycles. The monoisotopic (exact) mass is 277 g/mol. The maximum absolute atomic E-state index is 7.35. The molecule has 0 aliphatic carbocycles. The highest BCUT2D eigenvalue weighted by atomic mass is 15.1. The van der Waals surface area contributed by atoms with E-state index in [0.29, 0.717) is 5.69 Å². The molecule has 112 valence electrons. The molecule has 0 unspecified atom stereocenters. The fourth-order valence-corrected chi connectivity index (χ4v) is 2.23. The summed E-state index contributed by atoms with van der Waals surface area (Å²) < 4.78 is 0. The molecule has 1 heterocycles. The van der Waals surface area contributed by atoms with Crippen molar-refractivity contribution in [1.29, 1.82) is 5.41 Å². The Morgan fingerprint density at radius 2 is 1.85 bits per heavy atom. The second-order valence-electron chi connectivity index (χ2n) is 4.78. The lowest BCUT2D eigenvalue weighted by molar-refractivity contribution is 0.301.